The lowest BCUT2D eigenvalue weighted by molar-refractivity contribution is 1.34. The Morgan fingerprint density at radius 3 is 2.67 bits per heavy atom. The van der Waals surface area contributed by atoms with Crippen LogP contribution in [0.4, 0.5) is 0 Å². The molecule has 31 valence electrons. The lowest BCUT2D eigenvalue weighted by Gasteiger charge is -1.67. The molecule has 0 spiro atoms. The highest BCUT2D eigenvalue weighted by Crippen LogP contribution is 2.06. The first-order valence-electron chi connectivity index (χ1n) is 1.48. The van der Waals surface area contributed by atoms with Crippen LogP contribution in [0.25, 0.3) is 0 Å². The fourth-order valence-electron chi connectivity index (χ4n) is 0.217. The molecule has 1 aliphatic heterocycles. The van der Waals surface area contributed by atoms with Crippen molar-refractivity contribution in [1.82, 2.24) is 5.32 Å². The molecule has 0 bridgehead atoms. The van der Waals surface area contributed by atoms with Crippen LogP contribution in [-0.4, -0.2) is 6.34 Å². The normalized spacial score (nSPS) is 17.2. The van der Waals surface area contributed by atoms with Gasteiger partial charge in [0.25, 0.3) is 0 Å². The molecular formula is C3H2BrN2. The Labute approximate surface area is 44.1 Å². The van der Waals surface area contributed by atoms with Gasteiger partial charge in [-0.05, 0) is 15.9 Å². The summed E-state index contributed by atoms with van der Waals surface area (Å²) in [7, 11) is 0. The summed E-state index contributed by atoms with van der Waals surface area (Å²) in [5.41, 5.74) is 0. The van der Waals surface area contributed by atoms with Crippen LogP contribution in [0, 0.1) is 0 Å². The molecule has 6 heavy (non-hydrogen) atoms. The smallest absolute Gasteiger partial charge is 0.126 e. The van der Waals surface area contributed by atoms with E-state index in [1.807, 2.05) is 0 Å². The third kappa shape index (κ3) is 0.597. The largest absolute Gasteiger partial charge is 0.242 e. The van der Waals surface area contributed by atoms with E-state index in [-0.39, 0.29) is 0 Å². The quantitative estimate of drug-likeness (QED) is 0.452. The third-order valence-corrected chi connectivity index (χ3v) is 0.838. The zero-order valence-corrected chi connectivity index (χ0v) is 4.51. The first-order chi connectivity index (χ1) is 2.89. The van der Waals surface area contributed by atoms with Crippen molar-refractivity contribution in [3.63, 3.8) is 0 Å². The molecule has 0 atom stereocenters. The van der Waals surface area contributed by atoms with Crippen molar-refractivity contribution in [2.75, 3.05) is 0 Å². The molecule has 0 saturated carbocycles. The molecule has 1 radical (unpaired) electrons. The van der Waals surface area contributed by atoms with Gasteiger partial charge in [-0.15, -0.1) is 0 Å². The molecule has 0 N–H and O–H groups in total. The number of aliphatic imine (C=N–C) groups is 1. The molecule has 0 aliphatic carbocycles. The molecule has 1 aliphatic rings. The first-order valence-corrected chi connectivity index (χ1v) is 2.27. The molecule has 1 heterocycles. The molecular weight excluding hydrogens is 144 g/mol. The van der Waals surface area contributed by atoms with Crippen LogP contribution in [0.15, 0.2) is 15.8 Å². The molecule has 0 amide bonds. The van der Waals surface area contributed by atoms with Gasteiger partial charge in [0, 0.05) is 0 Å². The molecule has 0 fully saturated rings. The Balaban J connectivity index is 2.68. The van der Waals surface area contributed by atoms with E-state index in [1.54, 1.807) is 6.20 Å². The highest BCUT2D eigenvalue weighted by atomic mass is 79.9. The summed E-state index contributed by atoms with van der Waals surface area (Å²) in [5, 5.41) is 3.66. The zero-order chi connectivity index (χ0) is 4.41. The maximum atomic E-state index is 3.72. The van der Waals surface area contributed by atoms with Gasteiger partial charge in [-0.3, -0.25) is 0 Å². The predicted octanol–water partition coefficient (Wildman–Crippen LogP) is 0.826. The van der Waals surface area contributed by atoms with Gasteiger partial charge in [-0.1, -0.05) is 0 Å². The first kappa shape index (κ1) is 3.87. The van der Waals surface area contributed by atoms with Gasteiger partial charge in [-0.2, -0.15) is 0 Å². The number of hydrogen-bond acceptors (Lipinski definition) is 1. The van der Waals surface area contributed by atoms with Gasteiger partial charge in [0.05, 0.1) is 6.20 Å². The summed E-state index contributed by atoms with van der Waals surface area (Å²) in [6.07, 6.45) is 3.13. The van der Waals surface area contributed by atoms with Crippen LogP contribution in [0.3, 0.4) is 0 Å². The Morgan fingerprint density at radius 1 is 1.67 bits per heavy atom. The Morgan fingerprint density at radius 2 is 2.50 bits per heavy atom. The van der Waals surface area contributed by atoms with E-state index in [0.29, 0.717) is 0 Å². The summed E-state index contributed by atoms with van der Waals surface area (Å²) in [4.78, 5) is 3.72. The minimum Gasteiger partial charge on any atom is -0.242 e. The van der Waals surface area contributed by atoms with Gasteiger partial charge < -0.3 is 0 Å². The van der Waals surface area contributed by atoms with Crippen molar-refractivity contribution < 1.29 is 0 Å². The Hall–Kier alpha value is -0.310. The fraction of sp³-hybridized carbons (Fsp3) is 0. The number of hydrogen-bond donors (Lipinski definition) is 0. The van der Waals surface area contributed by atoms with E-state index in [1.165, 1.54) is 6.34 Å². The average Bonchev–Trinajstić information content (AvgIpc) is 1.86. The molecule has 3 heteroatoms. The fourth-order valence-corrected chi connectivity index (χ4v) is 0.426. The number of halogens is 1. The lowest BCUT2D eigenvalue weighted by atomic mass is 11.0. The second kappa shape index (κ2) is 1.43. The second-order valence-corrected chi connectivity index (χ2v) is 1.66. The van der Waals surface area contributed by atoms with E-state index in [9.17, 15) is 0 Å². The SMILES string of the molecule is BrC1=C[N]C=N1. The van der Waals surface area contributed by atoms with Gasteiger partial charge >= 0.3 is 0 Å². The highest BCUT2D eigenvalue weighted by molar-refractivity contribution is 9.11. The van der Waals surface area contributed by atoms with Gasteiger partial charge in [-0.25, -0.2) is 10.3 Å². The van der Waals surface area contributed by atoms with Crippen molar-refractivity contribution >= 4 is 22.3 Å². The Kier molecular flexibility index (Phi) is 0.919. The summed E-state index contributed by atoms with van der Waals surface area (Å²) in [5.74, 6) is 0. The average molecular weight is 146 g/mol. The maximum absolute atomic E-state index is 3.72. The third-order valence-electron chi connectivity index (χ3n) is 0.429. The number of nitrogens with zero attached hydrogens (tertiary/aromatic N) is 2. The van der Waals surface area contributed by atoms with Crippen LogP contribution in [0.2, 0.25) is 0 Å². The number of rotatable bonds is 0. The van der Waals surface area contributed by atoms with Gasteiger partial charge in [0.1, 0.15) is 10.9 Å². The van der Waals surface area contributed by atoms with E-state index in [4.69, 9.17) is 0 Å². The van der Waals surface area contributed by atoms with Gasteiger partial charge in [0.15, 0.2) is 0 Å². The van der Waals surface area contributed by atoms with E-state index < -0.39 is 0 Å². The van der Waals surface area contributed by atoms with E-state index >= 15 is 0 Å². The predicted molar refractivity (Wildman–Crippen MR) is 27.6 cm³/mol. The summed E-state index contributed by atoms with van der Waals surface area (Å²) >= 11 is 3.11. The molecule has 0 saturated heterocycles. The Bertz CT molecular complexity index is 103. The van der Waals surface area contributed by atoms with Crippen LogP contribution in [0.1, 0.15) is 0 Å². The highest BCUT2D eigenvalue weighted by Gasteiger charge is 1.88. The molecule has 2 nitrogen and oxygen atoms in total. The lowest BCUT2D eigenvalue weighted by Crippen LogP contribution is -1.79. The standard InChI is InChI=1S/C3H2BrN2/c4-3-1-5-2-6-3/h1-2H. The van der Waals surface area contributed by atoms with Crippen molar-refractivity contribution in [3.8, 4) is 0 Å². The summed E-state index contributed by atoms with van der Waals surface area (Å²) < 4.78 is 0.794. The molecule has 0 aromatic heterocycles. The maximum Gasteiger partial charge on any atom is 0.126 e. The molecule has 0 unspecified atom stereocenters. The van der Waals surface area contributed by atoms with E-state index in [2.05, 4.69) is 26.2 Å². The van der Waals surface area contributed by atoms with E-state index in [0.717, 1.165) is 4.61 Å². The minimum atomic E-state index is 0.794. The van der Waals surface area contributed by atoms with Crippen molar-refractivity contribution in [2.45, 2.75) is 0 Å². The summed E-state index contributed by atoms with van der Waals surface area (Å²) in [6.45, 7) is 0. The van der Waals surface area contributed by atoms with Crippen LogP contribution in [-0.2, 0) is 0 Å². The minimum absolute atomic E-state index is 0.794. The monoisotopic (exact) mass is 145 g/mol. The molecule has 0 aromatic rings. The van der Waals surface area contributed by atoms with Crippen molar-refractivity contribution in [2.24, 2.45) is 4.99 Å². The van der Waals surface area contributed by atoms with Gasteiger partial charge in [0.2, 0.25) is 0 Å². The summed E-state index contributed by atoms with van der Waals surface area (Å²) in [6, 6.07) is 0. The van der Waals surface area contributed by atoms with Crippen LogP contribution < -0.4 is 5.32 Å². The van der Waals surface area contributed by atoms with Crippen LogP contribution in [0.5, 0.6) is 0 Å². The topological polar surface area (TPSA) is 26.5 Å². The van der Waals surface area contributed by atoms with Crippen LogP contribution >= 0.6 is 15.9 Å². The second-order valence-electron chi connectivity index (χ2n) is 0.845. The van der Waals surface area contributed by atoms with Crippen molar-refractivity contribution in [3.05, 3.63) is 10.8 Å². The van der Waals surface area contributed by atoms with Crippen molar-refractivity contribution in [1.29, 1.82) is 0 Å². The molecule has 0 aromatic carbocycles. The molecule has 1 rings (SSSR count). The zero-order valence-electron chi connectivity index (χ0n) is 2.93.